The lowest BCUT2D eigenvalue weighted by Crippen LogP contribution is -2.27. The van der Waals surface area contributed by atoms with Crippen molar-refractivity contribution in [3.8, 4) is 0 Å². The van der Waals surface area contributed by atoms with Crippen LogP contribution in [0.4, 0.5) is 5.69 Å². The fourth-order valence-electron chi connectivity index (χ4n) is 2.20. The van der Waals surface area contributed by atoms with Crippen LogP contribution >= 0.6 is 0 Å². The monoisotopic (exact) mass is 288 g/mol. The summed E-state index contributed by atoms with van der Waals surface area (Å²) in [7, 11) is 0. The van der Waals surface area contributed by atoms with Gasteiger partial charge in [-0.3, -0.25) is 10.1 Å². The first kappa shape index (κ1) is 15.3. The molecular formula is C16H20N2O3. The van der Waals surface area contributed by atoms with Crippen LogP contribution in [0, 0.1) is 0 Å². The third-order valence-electron chi connectivity index (χ3n) is 3.23. The lowest BCUT2D eigenvalue weighted by molar-refractivity contribution is -0.114. The minimum absolute atomic E-state index is 0.000887. The van der Waals surface area contributed by atoms with Crippen molar-refractivity contribution in [2.75, 3.05) is 11.9 Å². The molecule has 1 aromatic heterocycles. The minimum Gasteiger partial charge on any atom is -0.468 e. The first-order valence-corrected chi connectivity index (χ1v) is 6.88. The SMILES string of the molecule is CC(=O)Nc1cccc(C(C)NC(CO)c2ccco2)c1. The Labute approximate surface area is 124 Å². The molecule has 2 unspecified atom stereocenters. The Kier molecular flexibility index (Phi) is 5.14. The summed E-state index contributed by atoms with van der Waals surface area (Å²) in [6.45, 7) is 3.43. The van der Waals surface area contributed by atoms with Crippen molar-refractivity contribution in [3.63, 3.8) is 0 Å². The lowest BCUT2D eigenvalue weighted by Gasteiger charge is -2.21. The van der Waals surface area contributed by atoms with Crippen LogP contribution in [-0.2, 0) is 4.79 Å². The standard InChI is InChI=1S/C16H20N2O3/c1-11(17-15(10-19)16-7-4-8-21-16)13-5-3-6-14(9-13)18-12(2)20/h3-9,11,15,17,19H,10H2,1-2H3,(H,18,20). The Morgan fingerprint density at radius 1 is 1.33 bits per heavy atom. The average Bonchev–Trinajstić information content (AvgIpc) is 2.98. The molecule has 0 saturated heterocycles. The van der Waals surface area contributed by atoms with Crippen LogP contribution in [0.15, 0.2) is 47.1 Å². The van der Waals surface area contributed by atoms with E-state index in [-0.39, 0.29) is 24.6 Å². The molecule has 3 N–H and O–H groups in total. The summed E-state index contributed by atoms with van der Waals surface area (Å²) in [6.07, 6.45) is 1.59. The third-order valence-corrected chi connectivity index (χ3v) is 3.23. The molecule has 5 heteroatoms. The molecule has 2 aromatic rings. The molecule has 2 atom stereocenters. The molecule has 5 nitrogen and oxygen atoms in total. The Hall–Kier alpha value is -2.11. The molecule has 0 aliphatic heterocycles. The number of benzene rings is 1. The summed E-state index contributed by atoms with van der Waals surface area (Å²) in [5.74, 6) is 0.596. The Morgan fingerprint density at radius 3 is 2.76 bits per heavy atom. The number of hydrogen-bond donors (Lipinski definition) is 3. The summed E-state index contributed by atoms with van der Waals surface area (Å²) >= 11 is 0. The van der Waals surface area contributed by atoms with E-state index in [4.69, 9.17) is 4.42 Å². The summed E-state index contributed by atoms with van der Waals surface area (Å²) in [4.78, 5) is 11.1. The number of aliphatic hydroxyl groups is 1. The van der Waals surface area contributed by atoms with Gasteiger partial charge in [0, 0.05) is 18.7 Å². The van der Waals surface area contributed by atoms with Gasteiger partial charge in [0.2, 0.25) is 5.91 Å². The van der Waals surface area contributed by atoms with E-state index in [1.165, 1.54) is 6.92 Å². The Morgan fingerprint density at radius 2 is 2.14 bits per heavy atom. The molecule has 0 radical (unpaired) electrons. The van der Waals surface area contributed by atoms with Crippen molar-refractivity contribution in [2.45, 2.75) is 25.9 Å². The predicted molar refractivity (Wildman–Crippen MR) is 80.8 cm³/mol. The number of anilines is 1. The second kappa shape index (κ2) is 7.06. The maximum absolute atomic E-state index is 11.1. The molecule has 1 amide bonds. The first-order valence-electron chi connectivity index (χ1n) is 6.88. The van der Waals surface area contributed by atoms with E-state index in [0.29, 0.717) is 5.76 Å². The van der Waals surface area contributed by atoms with Gasteiger partial charge in [0.15, 0.2) is 0 Å². The number of carbonyl (C=O) groups excluding carboxylic acids is 1. The highest BCUT2D eigenvalue weighted by molar-refractivity contribution is 5.88. The number of amides is 1. The number of furan rings is 1. The molecule has 0 aliphatic rings. The molecule has 0 aliphatic carbocycles. The van der Waals surface area contributed by atoms with Gasteiger partial charge in [0.25, 0.3) is 0 Å². The van der Waals surface area contributed by atoms with Crippen molar-refractivity contribution < 1.29 is 14.3 Å². The molecule has 0 spiro atoms. The topological polar surface area (TPSA) is 74.5 Å². The molecular weight excluding hydrogens is 268 g/mol. The molecule has 21 heavy (non-hydrogen) atoms. The summed E-state index contributed by atoms with van der Waals surface area (Å²) in [6, 6.07) is 11.0. The van der Waals surface area contributed by atoms with E-state index in [2.05, 4.69) is 10.6 Å². The average molecular weight is 288 g/mol. The van der Waals surface area contributed by atoms with E-state index < -0.39 is 0 Å². The van der Waals surface area contributed by atoms with Crippen LogP contribution in [0.3, 0.4) is 0 Å². The summed E-state index contributed by atoms with van der Waals surface area (Å²) < 4.78 is 5.32. The molecule has 0 fully saturated rings. The van der Waals surface area contributed by atoms with Gasteiger partial charge in [-0.1, -0.05) is 12.1 Å². The molecule has 0 bridgehead atoms. The van der Waals surface area contributed by atoms with Crippen LogP contribution in [0.25, 0.3) is 0 Å². The van der Waals surface area contributed by atoms with Crippen LogP contribution in [-0.4, -0.2) is 17.6 Å². The van der Waals surface area contributed by atoms with Gasteiger partial charge in [-0.25, -0.2) is 0 Å². The zero-order chi connectivity index (χ0) is 15.2. The molecule has 1 aromatic carbocycles. The van der Waals surface area contributed by atoms with Crippen LogP contribution in [0.1, 0.15) is 37.3 Å². The Bertz CT molecular complexity index is 581. The number of carbonyl (C=O) groups is 1. The quantitative estimate of drug-likeness (QED) is 0.764. The first-order chi connectivity index (χ1) is 10.1. The number of rotatable bonds is 6. The molecule has 1 heterocycles. The highest BCUT2D eigenvalue weighted by Crippen LogP contribution is 2.22. The molecule has 0 saturated carbocycles. The maximum Gasteiger partial charge on any atom is 0.221 e. The van der Waals surface area contributed by atoms with Gasteiger partial charge < -0.3 is 14.8 Å². The molecule has 112 valence electrons. The minimum atomic E-state index is -0.264. The number of hydrogen-bond acceptors (Lipinski definition) is 4. The summed E-state index contributed by atoms with van der Waals surface area (Å²) in [5, 5.41) is 15.6. The van der Waals surface area contributed by atoms with Gasteiger partial charge in [-0.05, 0) is 36.8 Å². The van der Waals surface area contributed by atoms with E-state index >= 15 is 0 Å². The number of nitrogens with one attached hydrogen (secondary N) is 2. The van der Waals surface area contributed by atoms with Crippen molar-refractivity contribution >= 4 is 11.6 Å². The third kappa shape index (κ3) is 4.18. The van der Waals surface area contributed by atoms with Gasteiger partial charge in [-0.2, -0.15) is 0 Å². The lowest BCUT2D eigenvalue weighted by atomic mass is 10.1. The van der Waals surface area contributed by atoms with Crippen molar-refractivity contribution in [2.24, 2.45) is 0 Å². The van der Waals surface area contributed by atoms with Gasteiger partial charge in [0.05, 0.1) is 18.9 Å². The highest BCUT2D eigenvalue weighted by Gasteiger charge is 2.17. The van der Waals surface area contributed by atoms with Crippen LogP contribution in [0.5, 0.6) is 0 Å². The predicted octanol–water partition coefficient (Wildman–Crippen LogP) is 2.62. The van der Waals surface area contributed by atoms with Crippen LogP contribution < -0.4 is 10.6 Å². The Balaban J connectivity index is 2.08. The smallest absolute Gasteiger partial charge is 0.221 e. The zero-order valence-corrected chi connectivity index (χ0v) is 12.2. The van der Waals surface area contributed by atoms with Gasteiger partial charge in [-0.15, -0.1) is 0 Å². The van der Waals surface area contributed by atoms with E-state index in [9.17, 15) is 9.90 Å². The van der Waals surface area contributed by atoms with Crippen molar-refractivity contribution in [1.29, 1.82) is 0 Å². The normalized spacial score (nSPS) is 13.7. The fraction of sp³-hybridized carbons (Fsp3) is 0.312. The summed E-state index contributed by atoms with van der Waals surface area (Å²) in [5.41, 5.74) is 1.78. The molecule has 2 rings (SSSR count). The number of aliphatic hydroxyl groups excluding tert-OH is 1. The second-order valence-corrected chi connectivity index (χ2v) is 4.95. The fourth-order valence-corrected chi connectivity index (χ4v) is 2.20. The van der Waals surface area contributed by atoms with Crippen LogP contribution in [0.2, 0.25) is 0 Å². The van der Waals surface area contributed by atoms with Gasteiger partial charge >= 0.3 is 0 Å². The second-order valence-electron chi connectivity index (χ2n) is 4.95. The van der Waals surface area contributed by atoms with E-state index in [1.54, 1.807) is 12.3 Å². The highest BCUT2D eigenvalue weighted by atomic mass is 16.3. The zero-order valence-electron chi connectivity index (χ0n) is 12.2. The largest absolute Gasteiger partial charge is 0.468 e. The van der Waals surface area contributed by atoms with E-state index in [0.717, 1.165) is 11.3 Å². The van der Waals surface area contributed by atoms with Gasteiger partial charge in [0.1, 0.15) is 5.76 Å². The van der Waals surface area contributed by atoms with Crippen molar-refractivity contribution in [3.05, 3.63) is 54.0 Å². The van der Waals surface area contributed by atoms with Crippen molar-refractivity contribution in [1.82, 2.24) is 5.32 Å². The maximum atomic E-state index is 11.1. The van der Waals surface area contributed by atoms with E-state index in [1.807, 2.05) is 37.3 Å².